The Morgan fingerprint density at radius 3 is 2.05 bits per heavy atom. The van der Waals surface area contributed by atoms with Gasteiger partial charge < -0.3 is 9.47 Å². The molecule has 0 aromatic carbocycles. The first kappa shape index (κ1) is 17.2. The zero-order valence-electron chi connectivity index (χ0n) is 13.5. The summed E-state index contributed by atoms with van der Waals surface area (Å²) in [5.74, 6) is -1.21. The zero-order chi connectivity index (χ0) is 15.4. The SMILES string of the molecule is CCOC(=O)C(CC)C(=O)C1(OC)CCC(C)(C)CC1. The Bertz CT molecular complexity index is 349. The molecular formula is C16H28O4. The fourth-order valence-electron chi connectivity index (χ4n) is 2.90. The lowest BCUT2D eigenvalue weighted by Gasteiger charge is -2.42. The van der Waals surface area contributed by atoms with E-state index in [1.165, 1.54) is 0 Å². The number of ether oxygens (including phenoxy) is 2. The molecule has 1 unspecified atom stereocenters. The van der Waals surface area contributed by atoms with Gasteiger partial charge in [0.1, 0.15) is 11.5 Å². The number of carbonyl (C=O) groups is 2. The van der Waals surface area contributed by atoms with Gasteiger partial charge in [0.05, 0.1) is 6.61 Å². The molecule has 1 atom stereocenters. The van der Waals surface area contributed by atoms with E-state index in [1.54, 1.807) is 14.0 Å². The second-order valence-corrected chi connectivity index (χ2v) is 6.44. The van der Waals surface area contributed by atoms with Gasteiger partial charge in [-0.2, -0.15) is 0 Å². The number of hydrogen-bond acceptors (Lipinski definition) is 4. The van der Waals surface area contributed by atoms with Crippen molar-refractivity contribution in [3.8, 4) is 0 Å². The number of carbonyl (C=O) groups excluding carboxylic acids is 2. The van der Waals surface area contributed by atoms with Gasteiger partial charge in [-0.15, -0.1) is 0 Å². The van der Waals surface area contributed by atoms with Crippen molar-refractivity contribution < 1.29 is 19.1 Å². The third-order valence-corrected chi connectivity index (χ3v) is 4.55. The summed E-state index contributed by atoms with van der Waals surface area (Å²) in [4.78, 5) is 24.7. The second kappa shape index (κ2) is 6.70. The van der Waals surface area contributed by atoms with Gasteiger partial charge in [-0.3, -0.25) is 9.59 Å². The summed E-state index contributed by atoms with van der Waals surface area (Å²) in [5, 5.41) is 0. The summed E-state index contributed by atoms with van der Waals surface area (Å²) in [6.45, 7) is 8.31. The Hall–Kier alpha value is -0.900. The summed E-state index contributed by atoms with van der Waals surface area (Å²) in [7, 11) is 1.58. The minimum atomic E-state index is -0.803. The molecule has 4 heteroatoms. The van der Waals surface area contributed by atoms with Crippen molar-refractivity contribution in [2.75, 3.05) is 13.7 Å². The minimum absolute atomic E-state index is 0.101. The molecular weight excluding hydrogens is 256 g/mol. The lowest BCUT2D eigenvalue weighted by Crippen LogP contribution is -2.50. The van der Waals surface area contributed by atoms with Gasteiger partial charge >= 0.3 is 5.97 Å². The van der Waals surface area contributed by atoms with Crippen LogP contribution in [0, 0.1) is 11.3 Å². The van der Waals surface area contributed by atoms with Gasteiger partial charge in [0.25, 0.3) is 0 Å². The fourth-order valence-corrected chi connectivity index (χ4v) is 2.90. The lowest BCUT2D eigenvalue weighted by atomic mass is 9.67. The molecule has 0 spiro atoms. The summed E-state index contributed by atoms with van der Waals surface area (Å²) in [5.41, 5.74) is -0.559. The van der Waals surface area contributed by atoms with E-state index in [0.29, 0.717) is 25.9 Å². The maximum absolute atomic E-state index is 12.8. The van der Waals surface area contributed by atoms with E-state index in [0.717, 1.165) is 12.8 Å². The average molecular weight is 284 g/mol. The predicted octanol–water partition coefficient (Wildman–Crippen LogP) is 3.13. The molecule has 1 aliphatic rings. The maximum atomic E-state index is 12.8. The second-order valence-electron chi connectivity index (χ2n) is 6.44. The van der Waals surface area contributed by atoms with E-state index in [-0.39, 0.29) is 11.2 Å². The smallest absolute Gasteiger partial charge is 0.316 e. The van der Waals surface area contributed by atoms with E-state index >= 15 is 0 Å². The van der Waals surface area contributed by atoms with E-state index < -0.39 is 17.5 Å². The van der Waals surface area contributed by atoms with Crippen LogP contribution in [0.4, 0.5) is 0 Å². The molecule has 20 heavy (non-hydrogen) atoms. The molecule has 1 aliphatic carbocycles. The average Bonchev–Trinajstić information content (AvgIpc) is 2.40. The van der Waals surface area contributed by atoms with Crippen LogP contribution in [0.15, 0.2) is 0 Å². The molecule has 1 rings (SSSR count). The fraction of sp³-hybridized carbons (Fsp3) is 0.875. The normalized spacial score (nSPS) is 22.1. The molecule has 0 N–H and O–H groups in total. The molecule has 0 radical (unpaired) electrons. The standard InChI is InChI=1S/C16H28O4/c1-6-12(14(18)20-7-2)13(17)16(19-5)10-8-15(3,4)9-11-16/h12H,6-11H2,1-5H3. The van der Waals surface area contributed by atoms with Crippen molar-refractivity contribution in [2.45, 2.75) is 65.4 Å². The molecule has 116 valence electrons. The summed E-state index contributed by atoms with van der Waals surface area (Å²) in [6, 6.07) is 0. The molecule has 0 aliphatic heterocycles. The van der Waals surface area contributed by atoms with Crippen molar-refractivity contribution >= 4 is 11.8 Å². The van der Waals surface area contributed by atoms with Crippen LogP contribution in [0.5, 0.6) is 0 Å². The number of hydrogen-bond donors (Lipinski definition) is 0. The Morgan fingerprint density at radius 1 is 1.10 bits per heavy atom. The van der Waals surface area contributed by atoms with E-state index in [2.05, 4.69) is 13.8 Å². The quantitative estimate of drug-likeness (QED) is 0.555. The molecule has 1 saturated carbocycles. The lowest BCUT2D eigenvalue weighted by molar-refractivity contribution is -0.163. The van der Waals surface area contributed by atoms with Crippen LogP contribution in [0.3, 0.4) is 0 Å². The Balaban J connectivity index is 2.88. The summed E-state index contributed by atoms with van der Waals surface area (Å²) in [6.07, 6.45) is 3.71. The highest BCUT2D eigenvalue weighted by molar-refractivity contribution is 6.03. The Morgan fingerprint density at radius 2 is 1.65 bits per heavy atom. The van der Waals surface area contributed by atoms with Crippen LogP contribution in [0.25, 0.3) is 0 Å². The molecule has 0 aromatic rings. The van der Waals surface area contributed by atoms with Crippen molar-refractivity contribution in [2.24, 2.45) is 11.3 Å². The van der Waals surface area contributed by atoms with E-state index in [1.807, 2.05) is 6.92 Å². The van der Waals surface area contributed by atoms with Crippen molar-refractivity contribution in [3.05, 3.63) is 0 Å². The van der Waals surface area contributed by atoms with Crippen LogP contribution in [0.2, 0.25) is 0 Å². The molecule has 1 fully saturated rings. The maximum Gasteiger partial charge on any atom is 0.316 e. The zero-order valence-corrected chi connectivity index (χ0v) is 13.5. The predicted molar refractivity (Wildman–Crippen MR) is 77.4 cm³/mol. The number of esters is 1. The monoisotopic (exact) mass is 284 g/mol. The third kappa shape index (κ3) is 3.60. The first-order valence-corrected chi connectivity index (χ1v) is 7.58. The topological polar surface area (TPSA) is 52.6 Å². The highest BCUT2D eigenvalue weighted by Crippen LogP contribution is 2.43. The molecule has 0 bridgehead atoms. The van der Waals surface area contributed by atoms with Crippen LogP contribution >= 0.6 is 0 Å². The van der Waals surface area contributed by atoms with Crippen LogP contribution in [-0.4, -0.2) is 31.1 Å². The number of Topliss-reactive ketones (excluding diaryl/α,β-unsaturated/α-hetero) is 1. The first-order valence-electron chi connectivity index (χ1n) is 7.58. The largest absolute Gasteiger partial charge is 0.465 e. The summed E-state index contributed by atoms with van der Waals surface area (Å²) < 4.78 is 10.6. The summed E-state index contributed by atoms with van der Waals surface area (Å²) >= 11 is 0. The molecule has 4 nitrogen and oxygen atoms in total. The van der Waals surface area contributed by atoms with Crippen LogP contribution < -0.4 is 0 Å². The van der Waals surface area contributed by atoms with Crippen LogP contribution in [0.1, 0.15) is 59.8 Å². The minimum Gasteiger partial charge on any atom is -0.465 e. The van der Waals surface area contributed by atoms with Gasteiger partial charge in [-0.25, -0.2) is 0 Å². The molecule has 0 amide bonds. The van der Waals surface area contributed by atoms with Gasteiger partial charge in [-0.1, -0.05) is 20.8 Å². The van der Waals surface area contributed by atoms with Gasteiger partial charge in [0, 0.05) is 7.11 Å². The molecule has 0 saturated heterocycles. The molecule has 0 heterocycles. The van der Waals surface area contributed by atoms with Crippen LogP contribution in [-0.2, 0) is 19.1 Å². The van der Waals surface area contributed by atoms with Crippen molar-refractivity contribution in [1.29, 1.82) is 0 Å². The number of methoxy groups -OCH3 is 1. The van der Waals surface area contributed by atoms with Crippen molar-refractivity contribution in [3.63, 3.8) is 0 Å². The van der Waals surface area contributed by atoms with Gasteiger partial charge in [0.2, 0.25) is 0 Å². The first-order chi connectivity index (χ1) is 9.32. The van der Waals surface area contributed by atoms with Gasteiger partial charge in [-0.05, 0) is 44.4 Å². The molecule has 0 aromatic heterocycles. The van der Waals surface area contributed by atoms with Crippen molar-refractivity contribution in [1.82, 2.24) is 0 Å². The number of ketones is 1. The highest BCUT2D eigenvalue weighted by atomic mass is 16.5. The van der Waals surface area contributed by atoms with E-state index in [9.17, 15) is 9.59 Å². The Labute approximate surface area is 122 Å². The third-order valence-electron chi connectivity index (χ3n) is 4.55. The highest BCUT2D eigenvalue weighted by Gasteiger charge is 2.48. The van der Waals surface area contributed by atoms with E-state index in [4.69, 9.17) is 9.47 Å². The van der Waals surface area contributed by atoms with Gasteiger partial charge in [0.15, 0.2) is 5.78 Å². The number of rotatable bonds is 6. The Kier molecular flexibility index (Phi) is 5.75.